The summed E-state index contributed by atoms with van der Waals surface area (Å²) in [4.78, 5) is 38.6. The highest BCUT2D eigenvalue weighted by Crippen LogP contribution is 2.38. The maximum absolute atomic E-state index is 12.8. The van der Waals surface area contributed by atoms with Crippen molar-refractivity contribution in [2.45, 2.75) is 38.1 Å². The van der Waals surface area contributed by atoms with Gasteiger partial charge in [-0.2, -0.15) is 0 Å². The predicted octanol–water partition coefficient (Wildman–Crippen LogP) is 2.38. The van der Waals surface area contributed by atoms with Crippen molar-refractivity contribution in [1.29, 1.82) is 0 Å². The molecule has 3 rings (SSSR count). The highest BCUT2D eigenvalue weighted by molar-refractivity contribution is 6.11. The quantitative estimate of drug-likeness (QED) is 0.679. The second-order valence-corrected chi connectivity index (χ2v) is 6.59. The number of carbonyl (C=O) groups is 3. The molecule has 1 heterocycles. The molecule has 128 valence electrons. The second kappa shape index (κ2) is 6.26. The van der Waals surface area contributed by atoms with Crippen LogP contribution in [-0.4, -0.2) is 41.8 Å². The summed E-state index contributed by atoms with van der Waals surface area (Å²) in [5.41, 5.74) is -0.371. The normalized spacial score (nSPS) is 26.6. The molecule has 1 aromatic carbocycles. The lowest BCUT2D eigenvalue weighted by molar-refractivity contribution is -0.133. The minimum atomic E-state index is -0.824. The number of Topliss-reactive ketones (excluding diaryl/α,β-unsaturated/α-hetero) is 1. The molecular formula is C18H22N2O4. The van der Waals surface area contributed by atoms with E-state index in [0.29, 0.717) is 17.7 Å². The predicted molar refractivity (Wildman–Crippen MR) is 87.9 cm³/mol. The van der Waals surface area contributed by atoms with E-state index in [2.05, 4.69) is 5.32 Å². The average molecular weight is 330 g/mol. The Morgan fingerprint density at radius 3 is 2.62 bits per heavy atom. The van der Waals surface area contributed by atoms with Crippen LogP contribution in [-0.2, 0) is 4.79 Å². The van der Waals surface area contributed by atoms with Crippen molar-refractivity contribution in [2.24, 2.45) is 5.92 Å². The summed E-state index contributed by atoms with van der Waals surface area (Å²) in [5.74, 6) is 0.212. The Balaban J connectivity index is 1.76. The number of urea groups is 1. The number of nitrogens with one attached hydrogen (secondary N) is 1. The number of ketones is 1. The molecule has 1 saturated heterocycles. The van der Waals surface area contributed by atoms with E-state index in [9.17, 15) is 14.4 Å². The monoisotopic (exact) mass is 330 g/mol. The van der Waals surface area contributed by atoms with Gasteiger partial charge in [0, 0.05) is 5.56 Å². The van der Waals surface area contributed by atoms with Crippen LogP contribution in [0.5, 0.6) is 5.75 Å². The van der Waals surface area contributed by atoms with Crippen molar-refractivity contribution in [3.8, 4) is 5.75 Å². The lowest BCUT2D eigenvalue weighted by Crippen LogP contribution is -2.54. The maximum Gasteiger partial charge on any atom is 0.325 e. The standard InChI is InChI=1S/C18H22N2O4/c1-12-5-3-4-10-18(12)16(22)20(17(23)19-18)11-15(21)13-6-8-14(24-2)9-7-13/h6-9,12H,3-5,10-11H2,1-2H3,(H,19,23)/t12-,18-/m1/s1. The smallest absolute Gasteiger partial charge is 0.325 e. The molecule has 2 aliphatic rings. The summed E-state index contributed by atoms with van der Waals surface area (Å²) in [6.07, 6.45) is 3.53. The molecule has 2 fully saturated rings. The first-order valence-corrected chi connectivity index (χ1v) is 8.29. The lowest BCUT2D eigenvalue weighted by Gasteiger charge is -2.36. The fraction of sp³-hybridized carbons (Fsp3) is 0.500. The van der Waals surface area contributed by atoms with Gasteiger partial charge in [-0.25, -0.2) is 4.79 Å². The molecule has 1 aliphatic carbocycles. The Morgan fingerprint density at radius 2 is 2.00 bits per heavy atom. The number of amides is 3. The van der Waals surface area contributed by atoms with Crippen LogP contribution in [0.25, 0.3) is 0 Å². The molecule has 1 spiro atoms. The van der Waals surface area contributed by atoms with E-state index in [1.54, 1.807) is 31.4 Å². The molecule has 0 unspecified atom stereocenters. The van der Waals surface area contributed by atoms with Gasteiger partial charge in [-0.15, -0.1) is 0 Å². The first kappa shape index (κ1) is 16.5. The van der Waals surface area contributed by atoms with Crippen molar-refractivity contribution < 1.29 is 19.1 Å². The van der Waals surface area contributed by atoms with Gasteiger partial charge in [0.05, 0.1) is 13.7 Å². The van der Waals surface area contributed by atoms with Crippen LogP contribution < -0.4 is 10.1 Å². The van der Waals surface area contributed by atoms with Crippen molar-refractivity contribution in [3.05, 3.63) is 29.8 Å². The summed E-state index contributed by atoms with van der Waals surface area (Å²) in [7, 11) is 1.55. The first-order chi connectivity index (χ1) is 11.5. The molecule has 6 nitrogen and oxygen atoms in total. The van der Waals surface area contributed by atoms with Gasteiger partial charge >= 0.3 is 6.03 Å². The lowest BCUT2D eigenvalue weighted by atomic mass is 9.73. The van der Waals surface area contributed by atoms with E-state index in [1.165, 1.54) is 0 Å². The summed E-state index contributed by atoms with van der Waals surface area (Å²) in [6.45, 7) is 1.76. The largest absolute Gasteiger partial charge is 0.497 e. The fourth-order valence-electron chi connectivity index (χ4n) is 3.65. The SMILES string of the molecule is COc1ccc(C(=O)CN2C(=O)N[C@@]3(CCCC[C@H]3C)C2=O)cc1. The van der Waals surface area contributed by atoms with E-state index in [0.717, 1.165) is 24.2 Å². The number of hydrogen-bond donors (Lipinski definition) is 1. The molecule has 0 bridgehead atoms. The molecule has 0 aromatic heterocycles. The molecule has 1 aromatic rings. The van der Waals surface area contributed by atoms with Crippen LogP contribution in [0, 0.1) is 5.92 Å². The Hall–Kier alpha value is -2.37. The molecule has 1 saturated carbocycles. The van der Waals surface area contributed by atoms with Crippen molar-refractivity contribution in [3.63, 3.8) is 0 Å². The zero-order valence-corrected chi connectivity index (χ0v) is 14.0. The highest BCUT2D eigenvalue weighted by Gasteiger charge is 2.55. The van der Waals surface area contributed by atoms with Crippen LogP contribution in [0.1, 0.15) is 43.0 Å². The van der Waals surface area contributed by atoms with Gasteiger partial charge in [-0.05, 0) is 43.0 Å². The molecule has 24 heavy (non-hydrogen) atoms. The summed E-state index contributed by atoms with van der Waals surface area (Å²) >= 11 is 0. The van der Waals surface area contributed by atoms with Gasteiger partial charge in [0.1, 0.15) is 11.3 Å². The number of hydrogen-bond acceptors (Lipinski definition) is 4. The van der Waals surface area contributed by atoms with Gasteiger partial charge in [0.25, 0.3) is 5.91 Å². The zero-order chi connectivity index (χ0) is 17.3. The minimum Gasteiger partial charge on any atom is -0.497 e. The molecule has 3 amide bonds. The van der Waals surface area contributed by atoms with Gasteiger partial charge in [-0.1, -0.05) is 19.8 Å². The second-order valence-electron chi connectivity index (χ2n) is 6.59. The Kier molecular flexibility index (Phi) is 4.30. The van der Waals surface area contributed by atoms with E-state index in [1.807, 2.05) is 6.92 Å². The molecule has 2 atom stereocenters. The van der Waals surface area contributed by atoms with Crippen LogP contribution in [0.2, 0.25) is 0 Å². The van der Waals surface area contributed by atoms with Crippen LogP contribution in [0.3, 0.4) is 0 Å². The van der Waals surface area contributed by atoms with Crippen LogP contribution >= 0.6 is 0 Å². The number of ether oxygens (including phenoxy) is 1. The van der Waals surface area contributed by atoms with Crippen molar-refractivity contribution >= 4 is 17.7 Å². The van der Waals surface area contributed by atoms with E-state index in [-0.39, 0.29) is 24.2 Å². The third kappa shape index (κ3) is 2.66. The van der Waals surface area contributed by atoms with Crippen LogP contribution in [0.15, 0.2) is 24.3 Å². The Bertz CT molecular complexity index is 670. The van der Waals surface area contributed by atoms with Gasteiger partial charge in [-0.3, -0.25) is 14.5 Å². The minimum absolute atomic E-state index is 0.0868. The Labute approximate surface area is 141 Å². The Morgan fingerprint density at radius 1 is 1.29 bits per heavy atom. The van der Waals surface area contributed by atoms with Crippen molar-refractivity contribution in [1.82, 2.24) is 10.2 Å². The summed E-state index contributed by atoms with van der Waals surface area (Å²) in [5, 5.41) is 2.86. The van der Waals surface area contributed by atoms with E-state index in [4.69, 9.17) is 4.74 Å². The molecule has 1 N–H and O–H groups in total. The number of nitrogens with zero attached hydrogens (tertiary/aromatic N) is 1. The highest BCUT2D eigenvalue weighted by atomic mass is 16.5. The number of benzene rings is 1. The third-order valence-electron chi connectivity index (χ3n) is 5.22. The van der Waals surface area contributed by atoms with Gasteiger partial charge < -0.3 is 10.1 Å². The number of carbonyl (C=O) groups excluding carboxylic acids is 3. The van der Waals surface area contributed by atoms with Gasteiger partial charge in [0.2, 0.25) is 0 Å². The number of methoxy groups -OCH3 is 1. The topological polar surface area (TPSA) is 75.7 Å². The van der Waals surface area contributed by atoms with E-state index >= 15 is 0 Å². The molecular weight excluding hydrogens is 308 g/mol. The maximum atomic E-state index is 12.8. The molecule has 0 radical (unpaired) electrons. The fourth-order valence-corrected chi connectivity index (χ4v) is 3.65. The summed E-state index contributed by atoms with van der Waals surface area (Å²) in [6, 6.07) is 6.18. The summed E-state index contributed by atoms with van der Waals surface area (Å²) < 4.78 is 5.06. The first-order valence-electron chi connectivity index (χ1n) is 8.29. The van der Waals surface area contributed by atoms with Crippen LogP contribution in [0.4, 0.5) is 4.79 Å². The third-order valence-corrected chi connectivity index (χ3v) is 5.22. The zero-order valence-electron chi connectivity index (χ0n) is 14.0. The van der Waals surface area contributed by atoms with E-state index < -0.39 is 11.6 Å². The molecule has 6 heteroatoms. The molecule has 1 aliphatic heterocycles. The number of rotatable bonds is 4. The van der Waals surface area contributed by atoms with Crippen molar-refractivity contribution in [2.75, 3.05) is 13.7 Å². The average Bonchev–Trinajstić information content (AvgIpc) is 2.82. The van der Waals surface area contributed by atoms with Gasteiger partial charge in [0.15, 0.2) is 5.78 Å². The number of imide groups is 1.